The van der Waals surface area contributed by atoms with Crippen molar-refractivity contribution in [3.05, 3.63) is 0 Å². The number of esters is 2. The SMILES string of the molecule is CCCCCCC(CCCC)COC(=O)CCCCCCCCC(CCCCCCCCC(=O)OCC(CCCC)CCCCCC)NCCCO. The third-order valence-corrected chi connectivity index (χ3v) is 11.0. The molecule has 6 nitrogen and oxygen atoms in total. The van der Waals surface area contributed by atoms with Gasteiger partial charge in [-0.1, -0.05) is 169 Å². The Balaban J connectivity index is 4.02. The maximum atomic E-state index is 12.4. The minimum absolute atomic E-state index is 0.00131. The molecule has 6 heteroatoms. The van der Waals surface area contributed by atoms with Crippen LogP contribution >= 0.6 is 0 Å². The summed E-state index contributed by atoms with van der Waals surface area (Å²) in [6.45, 7) is 11.4. The van der Waals surface area contributed by atoms with Gasteiger partial charge in [0.2, 0.25) is 0 Å². The van der Waals surface area contributed by atoms with Crippen molar-refractivity contribution in [2.24, 2.45) is 11.8 Å². The summed E-state index contributed by atoms with van der Waals surface area (Å²) in [5, 5.41) is 12.9. The van der Waals surface area contributed by atoms with Gasteiger partial charge in [-0.2, -0.15) is 0 Å². The molecule has 310 valence electrons. The van der Waals surface area contributed by atoms with Crippen molar-refractivity contribution >= 4 is 11.9 Å². The maximum Gasteiger partial charge on any atom is 0.305 e. The first kappa shape index (κ1) is 50.9. The van der Waals surface area contributed by atoms with Crippen molar-refractivity contribution in [1.29, 1.82) is 0 Å². The lowest BCUT2D eigenvalue weighted by molar-refractivity contribution is -0.146. The number of aliphatic hydroxyl groups is 1. The van der Waals surface area contributed by atoms with Crippen LogP contribution < -0.4 is 5.32 Å². The molecule has 2 N–H and O–H groups in total. The zero-order chi connectivity index (χ0) is 38.2. The van der Waals surface area contributed by atoms with Gasteiger partial charge in [-0.15, -0.1) is 0 Å². The lowest BCUT2D eigenvalue weighted by Gasteiger charge is -2.19. The Morgan fingerprint density at radius 1 is 0.442 bits per heavy atom. The van der Waals surface area contributed by atoms with E-state index in [1.54, 1.807) is 0 Å². The molecule has 2 unspecified atom stereocenters. The first-order chi connectivity index (χ1) is 25.5. The molecule has 0 radical (unpaired) electrons. The van der Waals surface area contributed by atoms with Crippen LogP contribution in [0.2, 0.25) is 0 Å². The molecule has 0 bridgehead atoms. The molecule has 52 heavy (non-hydrogen) atoms. The molecule has 0 aromatic rings. The molecule has 0 fully saturated rings. The van der Waals surface area contributed by atoms with Gasteiger partial charge in [0.05, 0.1) is 13.2 Å². The third-order valence-electron chi connectivity index (χ3n) is 11.0. The summed E-state index contributed by atoms with van der Waals surface area (Å²) in [5.41, 5.74) is 0. The highest BCUT2D eigenvalue weighted by molar-refractivity contribution is 5.69. The second-order valence-electron chi connectivity index (χ2n) is 16.1. The van der Waals surface area contributed by atoms with Crippen LogP contribution in [-0.4, -0.2) is 49.5 Å². The summed E-state index contributed by atoms with van der Waals surface area (Å²) in [6, 6.07) is 0.539. The quantitative estimate of drug-likeness (QED) is 0.0479. The van der Waals surface area contributed by atoms with Crippen LogP contribution in [0.1, 0.15) is 240 Å². The normalized spacial score (nSPS) is 13.2. The molecule has 0 aliphatic heterocycles. The number of ether oxygens (including phenoxy) is 2. The van der Waals surface area contributed by atoms with Crippen LogP contribution in [0.3, 0.4) is 0 Å². The standard InChI is InChI=1S/C46H91NO5/c1-5-9-13-23-32-42(30-11-7-3)40-51-45(49)36-27-21-17-15-19-25-34-44(47-38-29-39-48)35-26-20-16-18-22-28-37-46(50)52-41-43(31-12-8-4)33-24-14-10-6-2/h42-44,47-48H,5-41H2,1-4H3. The van der Waals surface area contributed by atoms with Crippen molar-refractivity contribution in [3.63, 3.8) is 0 Å². The molecular weight excluding hydrogens is 647 g/mol. The van der Waals surface area contributed by atoms with Crippen LogP contribution in [0.15, 0.2) is 0 Å². The van der Waals surface area contributed by atoms with Gasteiger partial charge in [0.15, 0.2) is 0 Å². The Morgan fingerprint density at radius 2 is 0.788 bits per heavy atom. The molecule has 0 rings (SSSR count). The zero-order valence-corrected chi connectivity index (χ0v) is 35.5. The van der Waals surface area contributed by atoms with E-state index in [0.29, 0.717) is 43.9 Å². The van der Waals surface area contributed by atoms with E-state index in [-0.39, 0.29) is 18.5 Å². The van der Waals surface area contributed by atoms with E-state index < -0.39 is 0 Å². The van der Waals surface area contributed by atoms with Crippen molar-refractivity contribution < 1.29 is 24.2 Å². The Labute approximate surface area is 324 Å². The first-order valence-electron chi connectivity index (χ1n) is 23.2. The largest absolute Gasteiger partial charge is 0.465 e. The molecular formula is C46H91NO5. The monoisotopic (exact) mass is 738 g/mol. The van der Waals surface area contributed by atoms with E-state index in [1.807, 2.05) is 0 Å². The Kier molecular flexibility index (Phi) is 40.1. The smallest absolute Gasteiger partial charge is 0.305 e. The molecule has 0 aromatic heterocycles. The molecule has 2 atom stereocenters. The molecule has 0 aromatic carbocycles. The number of rotatable bonds is 42. The first-order valence-corrected chi connectivity index (χ1v) is 23.2. The molecule has 0 aliphatic rings. The van der Waals surface area contributed by atoms with Crippen molar-refractivity contribution in [2.75, 3.05) is 26.4 Å². The number of aliphatic hydroxyl groups excluding tert-OH is 1. The highest BCUT2D eigenvalue weighted by Gasteiger charge is 2.14. The third kappa shape index (κ3) is 35.9. The summed E-state index contributed by atoms with van der Waals surface area (Å²) in [7, 11) is 0. The highest BCUT2D eigenvalue weighted by Crippen LogP contribution is 2.20. The summed E-state index contributed by atoms with van der Waals surface area (Å²) < 4.78 is 11.4. The number of carbonyl (C=O) groups excluding carboxylic acids is 2. The summed E-state index contributed by atoms with van der Waals surface area (Å²) in [4.78, 5) is 24.7. The fourth-order valence-corrected chi connectivity index (χ4v) is 7.36. The van der Waals surface area contributed by atoms with Gasteiger partial charge < -0.3 is 19.9 Å². The zero-order valence-electron chi connectivity index (χ0n) is 35.5. The topological polar surface area (TPSA) is 84.9 Å². The Morgan fingerprint density at radius 3 is 1.19 bits per heavy atom. The number of hydrogen-bond donors (Lipinski definition) is 2. The fourth-order valence-electron chi connectivity index (χ4n) is 7.36. The van der Waals surface area contributed by atoms with Crippen molar-refractivity contribution in [2.45, 2.75) is 246 Å². The Hall–Kier alpha value is -1.14. The number of hydrogen-bond acceptors (Lipinski definition) is 6. The van der Waals surface area contributed by atoms with Crippen molar-refractivity contribution in [1.82, 2.24) is 5.32 Å². The minimum Gasteiger partial charge on any atom is -0.465 e. The fraction of sp³-hybridized carbons (Fsp3) is 0.957. The van der Waals surface area contributed by atoms with Gasteiger partial charge in [0, 0.05) is 25.5 Å². The van der Waals surface area contributed by atoms with Gasteiger partial charge in [0.1, 0.15) is 0 Å². The summed E-state index contributed by atoms with van der Waals surface area (Å²) in [6.07, 6.45) is 38.3. The molecule has 0 heterocycles. The second kappa shape index (κ2) is 41.0. The van der Waals surface area contributed by atoms with Gasteiger partial charge in [-0.3, -0.25) is 9.59 Å². The van der Waals surface area contributed by atoms with Crippen LogP contribution in [0, 0.1) is 11.8 Å². The molecule has 0 amide bonds. The van der Waals surface area contributed by atoms with Crippen LogP contribution in [-0.2, 0) is 19.1 Å². The van der Waals surface area contributed by atoms with Gasteiger partial charge in [0.25, 0.3) is 0 Å². The van der Waals surface area contributed by atoms with Crippen LogP contribution in [0.5, 0.6) is 0 Å². The van der Waals surface area contributed by atoms with E-state index >= 15 is 0 Å². The number of carbonyl (C=O) groups is 2. The molecule has 0 aliphatic carbocycles. The van der Waals surface area contributed by atoms with E-state index in [0.717, 1.165) is 38.6 Å². The van der Waals surface area contributed by atoms with Gasteiger partial charge in [-0.25, -0.2) is 0 Å². The van der Waals surface area contributed by atoms with E-state index in [4.69, 9.17) is 9.47 Å². The second-order valence-corrected chi connectivity index (χ2v) is 16.1. The number of unbranched alkanes of at least 4 members (excludes halogenated alkanes) is 18. The van der Waals surface area contributed by atoms with Crippen molar-refractivity contribution in [3.8, 4) is 0 Å². The predicted octanol–water partition coefficient (Wildman–Crippen LogP) is 13.2. The lowest BCUT2D eigenvalue weighted by Crippen LogP contribution is -2.30. The lowest BCUT2D eigenvalue weighted by atomic mass is 9.96. The van der Waals surface area contributed by atoms with Crippen LogP contribution in [0.4, 0.5) is 0 Å². The highest BCUT2D eigenvalue weighted by atomic mass is 16.5. The average molecular weight is 738 g/mol. The van der Waals surface area contributed by atoms with E-state index in [1.165, 1.54) is 167 Å². The molecule has 0 saturated carbocycles. The molecule has 0 saturated heterocycles. The van der Waals surface area contributed by atoms with E-state index in [2.05, 4.69) is 33.0 Å². The Bertz CT molecular complexity index is 690. The van der Waals surface area contributed by atoms with E-state index in [9.17, 15) is 14.7 Å². The predicted molar refractivity (Wildman–Crippen MR) is 223 cm³/mol. The number of nitrogens with one attached hydrogen (secondary N) is 1. The minimum atomic E-state index is 0.00131. The van der Waals surface area contributed by atoms with Crippen LogP contribution in [0.25, 0.3) is 0 Å². The van der Waals surface area contributed by atoms with Gasteiger partial charge >= 0.3 is 11.9 Å². The van der Waals surface area contributed by atoms with Gasteiger partial charge in [-0.05, 0) is 76.2 Å². The molecule has 0 spiro atoms. The maximum absolute atomic E-state index is 12.4. The average Bonchev–Trinajstić information content (AvgIpc) is 3.15. The summed E-state index contributed by atoms with van der Waals surface area (Å²) >= 11 is 0. The summed E-state index contributed by atoms with van der Waals surface area (Å²) in [5.74, 6) is 1.08.